The van der Waals surface area contributed by atoms with E-state index in [9.17, 15) is 4.79 Å². The normalized spacial score (nSPS) is 10.2. The van der Waals surface area contributed by atoms with E-state index in [0.717, 1.165) is 15.7 Å². The predicted molar refractivity (Wildman–Crippen MR) is 84.6 cm³/mol. The molecule has 0 N–H and O–H groups in total. The number of benzene rings is 2. The summed E-state index contributed by atoms with van der Waals surface area (Å²) in [6.07, 6.45) is 0. The summed E-state index contributed by atoms with van der Waals surface area (Å²) in [5.74, 6) is 0.460. The lowest BCUT2D eigenvalue weighted by Gasteiger charge is -2.19. The van der Waals surface area contributed by atoms with Crippen molar-refractivity contribution in [3.63, 3.8) is 0 Å². The number of halogens is 1. The van der Waals surface area contributed by atoms with Gasteiger partial charge >= 0.3 is 0 Å². The van der Waals surface area contributed by atoms with Gasteiger partial charge in [-0.25, -0.2) is 0 Å². The Bertz CT molecular complexity index is 623. The maximum atomic E-state index is 12.6. The molecular weight excluding hydrogens is 318 g/mol. The lowest BCUT2D eigenvalue weighted by Crippen LogP contribution is -2.26. The van der Waals surface area contributed by atoms with Crippen LogP contribution in [-0.2, 0) is 0 Å². The quantitative estimate of drug-likeness (QED) is 0.848. The van der Waals surface area contributed by atoms with Gasteiger partial charge in [0.15, 0.2) is 0 Å². The minimum Gasteiger partial charge on any atom is -0.496 e. The Morgan fingerprint density at radius 1 is 1.15 bits per heavy atom. The molecule has 104 valence electrons. The van der Waals surface area contributed by atoms with Crippen molar-refractivity contribution in [2.24, 2.45) is 0 Å². The van der Waals surface area contributed by atoms with Crippen molar-refractivity contribution < 1.29 is 9.53 Å². The highest BCUT2D eigenvalue weighted by atomic mass is 79.9. The van der Waals surface area contributed by atoms with Crippen LogP contribution in [0.3, 0.4) is 0 Å². The first-order valence-electron chi connectivity index (χ1n) is 6.21. The van der Waals surface area contributed by atoms with Gasteiger partial charge in [0.1, 0.15) is 5.75 Å². The molecule has 0 fully saturated rings. The molecule has 20 heavy (non-hydrogen) atoms. The Balaban J connectivity index is 2.33. The van der Waals surface area contributed by atoms with Crippen molar-refractivity contribution in [2.45, 2.75) is 6.92 Å². The Hall–Kier alpha value is -1.81. The second kappa shape index (κ2) is 6.09. The summed E-state index contributed by atoms with van der Waals surface area (Å²) < 4.78 is 6.15. The summed E-state index contributed by atoms with van der Waals surface area (Å²) in [5.41, 5.74) is 2.56. The first-order chi connectivity index (χ1) is 9.52. The van der Waals surface area contributed by atoms with Gasteiger partial charge in [0.2, 0.25) is 0 Å². The number of carbonyl (C=O) groups is 1. The molecule has 4 heteroatoms. The highest BCUT2D eigenvalue weighted by Crippen LogP contribution is 2.26. The first-order valence-corrected chi connectivity index (χ1v) is 7.00. The molecule has 2 aromatic carbocycles. The second-order valence-corrected chi connectivity index (χ2v) is 5.46. The van der Waals surface area contributed by atoms with Crippen LogP contribution in [0.2, 0.25) is 0 Å². The van der Waals surface area contributed by atoms with Gasteiger partial charge in [0.25, 0.3) is 5.91 Å². The second-order valence-electron chi connectivity index (χ2n) is 4.54. The Labute approximate surface area is 127 Å². The van der Waals surface area contributed by atoms with Crippen LogP contribution in [0.4, 0.5) is 5.69 Å². The molecule has 0 atom stereocenters. The number of carbonyl (C=O) groups excluding carboxylic acids is 1. The number of nitrogens with zero attached hydrogens (tertiary/aromatic N) is 1. The fourth-order valence-corrected chi connectivity index (χ4v) is 2.25. The van der Waals surface area contributed by atoms with Gasteiger partial charge in [-0.15, -0.1) is 0 Å². The van der Waals surface area contributed by atoms with Crippen molar-refractivity contribution in [3.05, 3.63) is 58.1 Å². The maximum absolute atomic E-state index is 12.6. The molecule has 1 amide bonds. The zero-order valence-electron chi connectivity index (χ0n) is 11.7. The molecule has 0 aliphatic rings. The van der Waals surface area contributed by atoms with Gasteiger partial charge in [-0.2, -0.15) is 0 Å². The summed E-state index contributed by atoms with van der Waals surface area (Å²) in [6, 6.07) is 13.2. The van der Waals surface area contributed by atoms with Crippen molar-refractivity contribution in [2.75, 3.05) is 19.1 Å². The monoisotopic (exact) mass is 333 g/mol. The van der Waals surface area contributed by atoms with Crippen LogP contribution in [0.15, 0.2) is 46.9 Å². The number of amides is 1. The maximum Gasteiger partial charge on any atom is 0.261 e. The minimum atomic E-state index is -0.0989. The van der Waals surface area contributed by atoms with Crippen molar-refractivity contribution in [1.82, 2.24) is 0 Å². The molecule has 0 bridgehead atoms. The fourth-order valence-electron chi connectivity index (χ4n) is 1.91. The smallest absolute Gasteiger partial charge is 0.261 e. The number of aryl methyl sites for hydroxylation is 1. The van der Waals surface area contributed by atoms with Crippen LogP contribution in [-0.4, -0.2) is 20.1 Å². The predicted octanol–water partition coefficient (Wildman–Crippen LogP) is 4.04. The van der Waals surface area contributed by atoms with Gasteiger partial charge in [0.05, 0.1) is 12.7 Å². The highest BCUT2D eigenvalue weighted by Gasteiger charge is 2.17. The SMILES string of the molecule is COc1cc(Br)ccc1C(=O)N(C)c1ccc(C)cc1. The van der Waals surface area contributed by atoms with E-state index in [2.05, 4.69) is 15.9 Å². The topological polar surface area (TPSA) is 29.5 Å². The standard InChI is InChI=1S/C16H16BrNO2/c1-11-4-7-13(8-5-11)18(2)16(19)14-9-6-12(17)10-15(14)20-3/h4-10H,1-3H3. The van der Waals surface area contributed by atoms with Gasteiger partial charge in [-0.05, 0) is 37.3 Å². The van der Waals surface area contributed by atoms with Crippen molar-refractivity contribution >= 4 is 27.5 Å². The van der Waals surface area contributed by atoms with Gasteiger partial charge in [-0.1, -0.05) is 33.6 Å². The summed E-state index contributed by atoms with van der Waals surface area (Å²) in [7, 11) is 3.32. The van der Waals surface area contributed by atoms with E-state index in [1.807, 2.05) is 37.3 Å². The average Bonchev–Trinajstić information content (AvgIpc) is 2.46. The molecule has 0 aliphatic carbocycles. The minimum absolute atomic E-state index is 0.0989. The van der Waals surface area contributed by atoms with Crippen LogP contribution in [0.5, 0.6) is 5.75 Å². The van der Waals surface area contributed by atoms with E-state index in [4.69, 9.17) is 4.74 Å². The molecular formula is C16H16BrNO2. The summed E-state index contributed by atoms with van der Waals surface area (Å²) in [6.45, 7) is 2.02. The summed E-state index contributed by atoms with van der Waals surface area (Å²) in [4.78, 5) is 14.2. The van der Waals surface area contributed by atoms with Crippen molar-refractivity contribution in [1.29, 1.82) is 0 Å². The third-order valence-electron chi connectivity index (χ3n) is 3.12. The molecule has 0 aromatic heterocycles. The molecule has 3 nitrogen and oxygen atoms in total. The van der Waals surface area contributed by atoms with Gasteiger partial charge in [-0.3, -0.25) is 4.79 Å². The van der Waals surface area contributed by atoms with Crippen LogP contribution in [0.1, 0.15) is 15.9 Å². The molecule has 0 unspecified atom stereocenters. The zero-order chi connectivity index (χ0) is 14.7. The van der Waals surface area contributed by atoms with E-state index in [1.54, 1.807) is 31.2 Å². The number of hydrogen-bond acceptors (Lipinski definition) is 2. The molecule has 2 rings (SSSR count). The van der Waals surface area contributed by atoms with E-state index in [0.29, 0.717) is 11.3 Å². The number of ether oxygens (including phenoxy) is 1. The van der Waals surface area contributed by atoms with E-state index >= 15 is 0 Å². The van der Waals surface area contributed by atoms with Crippen LogP contribution in [0.25, 0.3) is 0 Å². The van der Waals surface area contributed by atoms with Gasteiger partial charge < -0.3 is 9.64 Å². The molecule has 0 spiro atoms. The summed E-state index contributed by atoms with van der Waals surface area (Å²) in [5, 5.41) is 0. The third kappa shape index (κ3) is 3.02. The highest BCUT2D eigenvalue weighted by molar-refractivity contribution is 9.10. The lowest BCUT2D eigenvalue weighted by molar-refractivity contribution is 0.0990. The molecule has 0 radical (unpaired) electrons. The molecule has 0 saturated carbocycles. The number of hydrogen-bond donors (Lipinski definition) is 0. The van der Waals surface area contributed by atoms with E-state index in [1.165, 1.54) is 0 Å². The Kier molecular flexibility index (Phi) is 4.45. The van der Waals surface area contributed by atoms with Gasteiger partial charge in [0, 0.05) is 17.2 Å². The first kappa shape index (κ1) is 14.6. The third-order valence-corrected chi connectivity index (χ3v) is 3.61. The lowest BCUT2D eigenvalue weighted by atomic mass is 10.1. The molecule has 0 aliphatic heterocycles. The van der Waals surface area contributed by atoms with Crippen LogP contribution < -0.4 is 9.64 Å². The number of methoxy groups -OCH3 is 1. The van der Waals surface area contributed by atoms with Crippen LogP contribution >= 0.6 is 15.9 Å². The largest absolute Gasteiger partial charge is 0.496 e. The Morgan fingerprint density at radius 3 is 2.40 bits per heavy atom. The molecule has 0 saturated heterocycles. The Morgan fingerprint density at radius 2 is 1.80 bits per heavy atom. The molecule has 2 aromatic rings. The van der Waals surface area contributed by atoms with Crippen LogP contribution in [0, 0.1) is 6.92 Å². The zero-order valence-corrected chi connectivity index (χ0v) is 13.3. The molecule has 0 heterocycles. The van der Waals surface area contributed by atoms with E-state index in [-0.39, 0.29) is 5.91 Å². The fraction of sp³-hybridized carbons (Fsp3) is 0.188. The number of rotatable bonds is 3. The van der Waals surface area contributed by atoms with E-state index < -0.39 is 0 Å². The summed E-state index contributed by atoms with van der Waals surface area (Å²) >= 11 is 3.37. The van der Waals surface area contributed by atoms with Crippen molar-refractivity contribution in [3.8, 4) is 5.75 Å². The number of anilines is 1. The average molecular weight is 334 g/mol.